The fourth-order valence-electron chi connectivity index (χ4n) is 1.29. The Morgan fingerprint density at radius 2 is 1.75 bits per heavy atom. The summed E-state index contributed by atoms with van der Waals surface area (Å²) in [6.45, 7) is 9.88. The van der Waals surface area contributed by atoms with Gasteiger partial charge in [0.25, 0.3) is 0 Å². The molecule has 0 aliphatic rings. The molecule has 0 fully saturated rings. The highest BCUT2D eigenvalue weighted by molar-refractivity contribution is 5.28. The molecule has 0 heterocycles. The quantitative estimate of drug-likeness (QED) is 0.829. The Hall–Kier alpha value is -1.02. The number of hydrogen-bond donors (Lipinski definition) is 1. The lowest BCUT2D eigenvalue weighted by molar-refractivity contribution is 0.187. The first-order chi connectivity index (χ1) is 7.44. The molecule has 2 nitrogen and oxygen atoms in total. The van der Waals surface area contributed by atoms with Gasteiger partial charge in [-0.15, -0.1) is 0 Å². The zero-order valence-electron chi connectivity index (χ0n) is 10.8. The first-order valence-corrected chi connectivity index (χ1v) is 5.87. The van der Waals surface area contributed by atoms with Crippen molar-refractivity contribution in [3.8, 4) is 5.75 Å². The van der Waals surface area contributed by atoms with E-state index in [1.807, 2.05) is 12.1 Å². The third-order valence-electron chi connectivity index (χ3n) is 2.73. The van der Waals surface area contributed by atoms with Gasteiger partial charge in [0, 0.05) is 12.0 Å². The fourth-order valence-corrected chi connectivity index (χ4v) is 1.29. The van der Waals surface area contributed by atoms with Crippen molar-refractivity contribution in [1.82, 2.24) is 0 Å². The molecule has 90 valence electrons. The van der Waals surface area contributed by atoms with Crippen LogP contribution in [0.3, 0.4) is 0 Å². The van der Waals surface area contributed by atoms with Gasteiger partial charge in [-0.3, -0.25) is 0 Å². The van der Waals surface area contributed by atoms with E-state index >= 15 is 0 Å². The second-order valence-corrected chi connectivity index (χ2v) is 5.38. The molecule has 2 N–H and O–H groups in total. The summed E-state index contributed by atoms with van der Waals surface area (Å²) < 4.78 is 5.72. The van der Waals surface area contributed by atoms with Gasteiger partial charge in [-0.2, -0.15) is 0 Å². The van der Waals surface area contributed by atoms with Crippen LogP contribution in [-0.2, 0) is 0 Å². The van der Waals surface area contributed by atoms with Crippen LogP contribution < -0.4 is 10.5 Å². The molecule has 1 rings (SSSR count). The lowest BCUT2D eigenvalue weighted by atomic mass is 9.95. The van der Waals surface area contributed by atoms with Crippen LogP contribution in [0.1, 0.15) is 39.2 Å². The summed E-state index contributed by atoms with van der Waals surface area (Å²) in [5.41, 5.74) is 7.03. The van der Waals surface area contributed by atoms with Crippen molar-refractivity contribution in [2.24, 2.45) is 11.1 Å². The molecule has 0 aliphatic heterocycles. The average Bonchev–Trinajstić information content (AvgIpc) is 2.27. The minimum Gasteiger partial charge on any atom is -0.493 e. The average molecular weight is 221 g/mol. The Bertz CT molecular complexity index is 314. The van der Waals surface area contributed by atoms with Crippen LogP contribution in [0.4, 0.5) is 0 Å². The fraction of sp³-hybridized carbons (Fsp3) is 0.571. The van der Waals surface area contributed by atoms with Crippen LogP contribution >= 0.6 is 0 Å². The maximum atomic E-state index is 5.72. The highest BCUT2D eigenvalue weighted by Crippen LogP contribution is 2.20. The molecular weight excluding hydrogens is 198 g/mol. The molecule has 0 aromatic heterocycles. The van der Waals surface area contributed by atoms with Gasteiger partial charge < -0.3 is 10.5 Å². The summed E-state index contributed by atoms with van der Waals surface area (Å²) in [6.07, 6.45) is 0. The monoisotopic (exact) mass is 221 g/mol. The summed E-state index contributed by atoms with van der Waals surface area (Å²) in [5.74, 6) is 1.49. The third kappa shape index (κ3) is 3.86. The Kier molecular flexibility index (Phi) is 4.36. The molecule has 0 atom stereocenters. The topological polar surface area (TPSA) is 35.2 Å². The van der Waals surface area contributed by atoms with Gasteiger partial charge in [0.05, 0.1) is 6.61 Å². The zero-order chi connectivity index (χ0) is 12.2. The molecule has 2 heteroatoms. The van der Waals surface area contributed by atoms with Gasteiger partial charge in [0.2, 0.25) is 0 Å². The predicted octanol–water partition coefficient (Wildman–Crippen LogP) is 3.17. The van der Waals surface area contributed by atoms with Crippen molar-refractivity contribution in [2.75, 3.05) is 13.2 Å². The van der Waals surface area contributed by atoms with Crippen molar-refractivity contribution in [1.29, 1.82) is 0 Å². The van der Waals surface area contributed by atoms with Crippen molar-refractivity contribution in [2.45, 2.75) is 33.6 Å². The Morgan fingerprint density at radius 3 is 2.19 bits per heavy atom. The molecule has 1 aromatic rings. The van der Waals surface area contributed by atoms with Crippen molar-refractivity contribution >= 4 is 0 Å². The van der Waals surface area contributed by atoms with E-state index in [0.717, 1.165) is 5.75 Å². The largest absolute Gasteiger partial charge is 0.493 e. The maximum Gasteiger partial charge on any atom is 0.119 e. The molecule has 0 aliphatic carbocycles. The van der Waals surface area contributed by atoms with Crippen LogP contribution in [0, 0.1) is 5.41 Å². The minimum absolute atomic E-state index is 0.0384. The second-order valence-electron chi connectivity index (χ2n) is 5.38. The number of ether oxygens (including phenoxy) is 1. The van der Waals surface area contributed by atoms with Gasteiger partial charge in [0.15, 0.2) is 0 Å². The standard InChI is InChI=1S/C14H23NO/c1-11(2)12-5-7-13(8-6-12)16-10-14(3,4)9-15/h5-8,11H,9-10,15H2,1-4H3. The second kappa shape index (κ2) is 5.35. The molecular formula is C14H23NO. The van der Waals surface area contributed by atoms with E-state index in [0.29, 0.717) is 19.1 Å². The lowest BCUT2D eigenvalue weighted by Gasteiger charge is -2.22. The molecule has 0 amide bonds. The van der Waals surface area contributed by atoms with Crippen LogP contribution in [-0.4, -0.2) is 13.2 Å². The highest BCUT2D eigenvalue weighted by Gasteiger charge is 2.16. The van der Waals surface area contributed by atoms with Crippen LogP contribution in [0.15, 0.2) is 24.3 Å². The number of benzene rings is 1. The van der Waals surface area contributed by atoms with Crippen molar-refractivity contribution in [3.05, 3.63) is 29.8 Å². The maximum absolute atomic E-state index is 5.72. The lowest BCUT2D eigenvalue weighted by Crippen LogP contribution is -2.30. The number of nitrogens with two attached hydrogens (primary N) is 1. The van der Waals surface area contributed by atoms with Gasteiger partial charge in [0.1, 0.15) is 5.75 Å². The Balaban J connectivity index is 2.56. The van der Waals surface area contributed by atoms with E-state index < -0.39 is 0 Å². The predicted molar refractivity (Wildman–Crippen MR) is 68.9 cm³/mol. The Morgan fingerprint density at radius 1 is 1.19 bits per heavy atom. The number of rotatable bonds is 5. The third-order valence-corrected chi connectivity index (χ3v) is 2.73. The van der Waals surface area contributed by atoms with Gasteiger partial charge in [-0.1, -0.05) is 39.8 Å². The highest BCUT2D eigenvalue weighted by atomic mass is 16.5. The SMILES string of the molecule is CC(C)c1ccc(OCC(C)(C)CN)cc1. The van der Waals surface area contributed by atoms with Gasteiger partial charge in [-0.25, -0.2) is 0 Å². The van der Waals surface area contributed by atoms with E-state index in [-0.39, 0.29) is 5.41 Å². The van der Waals surface area contributed by atoms with Gasteiger partial charge >= 0.3 is 0 Å². The first-order valence-electron chi connectivity index (χ1n) is 5.87. The van der Waals surface area contributed by atoms with Crippen molar-refractivity contribution in [3.63, 3.8) is 0 Å². The molecule has 0 bridgehead atoms. The summed E-state index contributed by atoms with van der Waals surface area (Å²) in [6, 6.07) is 8.30. The number of hydrogen-bond acceptors (Lipinski definition) is 2. The summed E-state index contributed by atoms with van der Waals surface area (Å²) in [7, 11) is 0. The minimum atomic E-state index is 0.0384. The van der Waals surface area contributed by atoms with E-state index in [9.17, 15) is 0 Å². The smallest absolute Gasteiger partial charge is 0.119 e. The van der Waals surface area contributed by atoms with E-state index in [1.54, 1.807) is 0 Å². The molecule has 0 unspecified atom stereocenters. The van der Waals surface area contributed by atoms with Crippen LogP contribution in [0.25, 0.3) is 0 Å². The molecule has 16 heavy (non-hydrogen) atoms. The van der Waals surface area contributed by atoms with E-state index in [2.05, 4.69) is 39.8 Å². The summed E-state index contributed by atoms with van der Waals surface area (Å²) in [4.78, 5) is 0. The molecule has 0 saturated heterocycles. The Labute approximate surface area is 98.8 Å². The summed E-state index contributed by atoms with van der Waals surface area (Å²) in [5, 5.41) is 0. The van der Waals surface area contributed by atoms with Crippen LogP contribution in [0.2, 0.25) is 0 Å². The first kappa shape index (κ1) is 13.0. The normalized spacial score (nSPS) is 11.9. The summed E-state index contributed by atoms with van der Waals surface area (Å²) >= 11 is 0. The molecule has 0 spiro atoms. The molecule has 0 saturated carbocycles. The van der Waals surface area contributed by atoms with Crippen molar-refractivity contribution < 1.29 is 4.74 Å². The van der Waals surface area contributed by atoms with E-state index in [4.69, 9.17) is 10.5 Å². The molecule has 0 radical (unpaired) electrons. The molecule has 1 aromatic carbocycles. The zero-order valence-corrected chi connectivity index (χ0v) is 10.8. The van der Waals surface area contributed by atoms with Crippen LogP contribution in [0.5, 0.6) is 5.75 Å². The van der Waals surface area contributed by atoms with E-state index in [1.165, 1.54) is 5.56 Å². The van der Waals surface area contributed by atoms with Gasteiger partial charge in [-0.05, 0) is 23.6 Å².